The van der Waals surface area contributed by atoms with Crippen LogP contribution in [0.2, 0.25) is 0 Å². The fourth-order valence-electron chi connectivity index (χ4n) is 2.11. The molecule has 2 aromatic rings. The second-order valence-electron chi connectivity index (χ2n) is 4.93. The zero-order valence-corrected chi connectivity index (χ0v) is 12.7. The Kier molecular flexibility index (Phi) is 5.12. The summed E-state index contributed by atoms with van der Waals surface area (Å²) in [6.45, 7) is 1.98. The van der Waals surface area contributed by atoms with Gasteiger partial charge in [0.2, 0.25) is 10.0 Å². The summed E-state index contributed by atoms with van der Waals surface area (Å²) in [5.74, 6) is 0.0715. The molecule has 0 bridgehead atoms. The van der Waals surface area contributed by atoms with Gasteiger partial charge in [-0.3, -0.25) is 0 Å². The lowest BCUT2D eigenvalue weighted by molar-refractivity contribution is 0.278. The number of aliphatic hydroxyl groups is 1. The number of sulfonamides is 1. The molecule has 0 aliphatic carbocycles. The van der Waals surface area contributed by atoms with E-state index in [0.29, 0.717) is 12.1 Å². The van der Waals surface area contributed by atoms with Crippen LogP contribution in [-0.2, 0) is 16.6 Å². The fraction of sp³-hybridized carbons (Fsp3) is 0.250. The first-order valence-electron chi connectivity index (χ1n) is 6.78. The predicted octanol–water partition coefficient (Wildman–Crippen LogP) is 2.26. The van der Waals surface area contributed by atoms with Crippen LogP contribution in [0.5, 0.6) is 0 Å². The fourth-order valence-corrected chi connectivity index (χ4v) is 3.47. The molecular weight excluding hydrogens is 286 g/mol. The van der Waals surface area contributed by atoms with E-state index in [2.05, 4.69) is 4.72 Å². The van der Waals surface area contributed by atoms with E-state index >= 15 is 0 Å². The van der Waals surface area contributed by atoms with Gasteiger partial charge in [-0.1, -0.05) is 55.5 Å². The second kappa shape index (κ2) is 6.85. The minimum Gasteiger partial charge on any atom is -0.392 e. The smallest absolute Gasteiger partial charge is 0.240 e. The van der Waals surface area contributed by atoms with Crippen molar-refractivity contribution >= 4 is 10.0 Å². The van der Waals surface area contributed by atoms with Crippen LogP contribution in [0.4, 0.5) is 0 Å². The lowest BCUT2D eigenvalue weighted by Crippen LogP contribution is -2.28. The molecule has 2 aromatic carbocycles. The van der Waals surface area contributed by atoms with Gasteiger partial charge < -0.3 is 5.11 Å². The summed E-state index contributed by atoms with van der Waals surface area (Å²) < 4.78 is 27.3. The Morgan fingerprint density at radius 1 is 1.05 bits per heavy atom. The van der Waals surface area contributed by atoms with E-state index in [9.17, 15) is 13.5 Å². The average molecular weight is 305 g/mol. The summed E-state index contributed by atoms with van der Waals surface area (Å²) in [6.07, 6.45) is 0. The van der Waals surface area contributed by atoms with E-state index < -0.39 is 10.0 Å². The summed E-state index contributed by atoms with van der Waals surface area (Å²) >= 11 is 0. The molecule has 21 heavy (non-hydrogen) atoms. The number of hydrogen-bond donors (Lipinski definition) is 2. The quantitative estimate of drug-likeness (QED) is 0.860. The summed E-state index contributed by atoms with van der Waals surface area (Å²) in [7, 11) is -3.62. The van der Waals surface area contributed by atoms with Crippen molar-refractivity contribution in [3.05, 3.63) is 65.7 Å². The molecule has 0 heterocycles. The zero-order chi connectivity index (χ0) is 15.3. The minimum absolute atomic E-state index is 0.0715. The molecule has 5 heteroatoms. The normalized spacial score (nSPS) is 13.0. The predicted molar refractivity (Wildman–Crippen MR) is 82.4 cm³/mol. The van der Waals surface area contributed by atoms with Crippen LogP contribution >= 0.6 is 0 Å². The van der Waals surface area contributed by atoms with Crippen molar-refractivity contribution in [1.82, 2.24) is 4.72 Å². The van der Waals surface area contributed by atoms with Gasteiger partial charge in [0.1, 0.15) is 0 Å². The van der Waals surface area contributed by atoms with Gasteiger partial charge in [0.05, 0.1) is 11.5 Å². The van der Waals surface area contributed by atoms with Gasteiger partial charge in [0.15, 0.2) is 0 Å². The molecule has 2 N–H and O–H groups in total. The van der Waals surface area contributed by atoms with Crippen molar-refractivity contribution in [2.24, 2.45) is 0 Å². The number of nitrogens with one attached hydrogen (secondary N) is 1. The molecule has 0 aliphatic rings. The molecule has 0 aliphatic heterocycles. The van der Waals surface area contributed by atoms with Crippen LogP contribution in [0.15, 0.2) is 59.5 Å². The summed E-state index contributed by atoms with van der Waals surface area (Å²) in [5, 5.41) is 9.24. The standard InChI is InChI=1S/C16H19NO3S/c1-13(14-7-3-2-4-8-14)11-17-21(19,20)16-10-6-5-9-15(16)12-18/h2-10,13,17-18H,11-12H2,1H3. The van der Waals surface area contributed by atoms with Crippen molar-refractivity contribution in [3.63, 3.8) is 0 Å². The van der Waals surface area contributed by atoms with Crippen LogP contribution in [0.25, 0.3) is 0 Å². The highest BCUT2D eigenvalue weighted by molar-refractivity contribution is 7.89. The van der Waals surface area contributed by atoms with Crippen molar-refractivity contribution in [2.75, 3.05) is 6.54 Å². The third-order valence-corrected chi connectivity index (χ3v) is 4.90. The molecule has 112 valence electrons. The first kappa shape index (κ1) is 15.7. The van der Waals surface area contributed by atoms with Crippen molar-refractivity contribution in [3.8, 4) is 0 Å². The van der Waals surface area contributed by atoms with Crippen molar-refractivity contribution < 1.29 is 13.5 Å². The maximum atomic E-state index is 12.3. The van der Waals surface area contributed by atoms with Crippen LogP contribution in [0, 0.1) is 0 Å². The molecule has 1 unspecified atom stereocenters. The van der Waals surface area contributed by atoms with E-state index in [1.807, 2.05) is 37.3 Å². The number of benzene rings is 2. The van der Waals surface area contributed by atoms with E-state index in [4.69, 9.17) is 0 Å². The topological polar surface area (TPSA) is 66.4 Å². The lowest BCUT2D eigenvalue weighted by Gasteiger charge is -2.14. The molecule has 2 rings (SSSR count). The van der Waals surface area contributed by atoms with Crippen LogP contribution in [0.3, 0.4) is 0 Å². The molecule has 0 radical (unpaired) electrons. The van der Waals surface area contributed by atoms with Crippen molar-refractivity contribution in [1.29, 1.82) is 0 Å². The molecule has 0 aromatic heterocycles. The largest absolute Gasteiger partial charge is 0.392 e. The molecule has 1 atom stereocenters. The van der Waals surface area contributed by atoms with Gasteiger partial charge in [0.25, 0.3) is 0 Å². The maximum Gasteiger partial charge on any atom is 0.240 e. The van der Waals surface area contributed by atoms with Gasteiger partial charge in [-0.25, -0.2) is 13.1 Å². The van der Waals surface area contributed by atoms with Gasteiger partial charge in [-0.15, -0.1) is 0 Å². The Bertz CT molecular complexity index is 684. The first-order valence-corrected chi connectivity index (χ1v) is 8.26. The molecule has 0 fully saturated rings. The summed E-state index contributed by atoms with van der Waals surface area (Å²) in [6, 6.07) is 16.2. The van der Waals surface area contributed by atoms with Crippen LogP contribution < -0.4 is 4.72 Å². The minimum atomic E-state index is -3.62. The Morgan fingerprint density at radius 2 is 1.67 bits per heavy atom. The molecule has 0 spiro atoms. The highest BCUT2D eigenvalue weighted by Crippen LogP contribution is 2.17. The highest BCUT2D eigenvalue weighted by Gasteiger charge is 2.18. The second-order valence-corrected chi connectivity index (χ2v) is 6.66. The summed E-state index contributed by atoms with van der Waals surface area (Å²) in [4.78, 5) is 0.132. The summed E-state index contributed by atoms with van der Waals surface area (Å²) in [5.41, 5.74) is 1.48. The van der Waals surface area contributed by atoms with Crippen LogP contribution in [0.1, 0.15) is 24.0 Å². The van der Waals surface area contributed by atoms with Gasteiger partial charge >= 0.3 is 0 Å². The Balaban J connectivity index is 2.12. The van der Waals surface area contributed by atoms with E-state index in [1.54, 1.807) is 18.2 Å². The number of hydrogen-bond acceptors (Lipinski definition) is 3. The Morgan fingerprint density at radius 3 is 2.33 bits per heavy atom. The number of rotatable bonds is 6. The highest BCUT2D eigenvalue weighted by atomic mass is 32.2. The van der Waals surface area contributed by atoms with Gasteiger partial charge in [-0.05, 0) is 23.1 Å². The Labute approximate surface area is 125 Å². The third-order valence-electron chi connectivity index (χ3n) is 3.38. The van der Waals surface area contributed by atoms with Crippen LogP contribution in [-0.4, -0.2) is 20.1 Å². The first-order chi connectivity index (χ1) is 10.0. The lowest BCUT2D eigenvalue weighted by atomic mass is 10.0. The molecule has 0 saturated heterocycles. The molecular formula is C16H19NO3S. The molecule has 0 saturated carbocycles. The van der Waals surface area contributed by atoms with Gasteiger partial charge in [-0.2, -0.15) is 0 Å². The zero-order valence-electron chi connectivity index (χ0n) is 11.9. The SMILES string of the molecule is CC(CNS(=O)(=O)c1ccccc1CO)c1ccccc1. The molecule has 4 nitrogen and oxygen atoms in total. The third kappa shape index (κ3) is 3.91. The maximum absolute atomic E-state index is 12.3. The monoisotopic (exact) mass is 305 g/mol. The molecule has 0 amide bonds. The average Bonchev–Trinajstić information content (AvgIpc) is 2.53. The van der Waals surface area contributed by atoms with E-state index in [1.165, 1.54) is 6.07 Å². The Hall–Kier alpha value is -1.69. The van der Waals surface area contributed by atoms with Crippen molar-refractivity contribution in [2.45, 2.75) is 24.3 Å². The van der Waals surface area contributed by atoms with E-state index in [-0.39, 0.29) is 17.4 Å². The number of aliphatic hydroxyl groups excluding tert-OH is 1. The van der Waals surface area contributed by atoms with Gasteiger partial charge in [0, 0.05) is 6.54 Å². The van der Waals surface area contributed by atoms with E-state index in [0.717, 1.165) is 5.56 Å².